The molecule has 0 spiro atoms. The van der Waals surface area contributed by atoms with Crippen LogP contribution in [0.3, 0.4) is 0 Å². The summed E-state index contributed by atoms with van der Waals surface area (Å²) in [5.74, 6) is 0.484. The van der Waals surface area contributed by atoms with Gasteiger partial charge in [-0.15, -0.1) is 5.10 Å². The fourth-order valence-corrected chi connectivity index (χ4v) is 2.23. The molecule has 0 amide bonds. The number of nitrogens with zero attached hydrogens (tertiary/aromatic N) is 3. The molecule has 0 saturated heterocycles. The number of fused-ring (bicyclic) bond motifs is 1. The van der Waals surface area contributed by atoms with E-state index in [-0.39, 0.29) is 18.9 Å². The van der Waals surface area contributed by atoms with E-state index in [9.17, 15) is 13.2 Å². The van der Waals surface area contributed by atoms with Gasteiger partial charge in [-0.3, -0.25) is 0 Å². The Balaban J connectivity index is 2.01. The molecule has 0 bridgehead atoms. The van der Waals surface area contributed by atoms with Crippen molar-refractivity contribution in [3.8, 4) is 11.4 Å². The summed E-state index contributed by atoms with van der Waals surface area (Å²) in [6, 6.07) is 5.76. The number of halogens is 3. The van der Waals surface area contributed by atoms with Gasteiger partial charge in [-0.05, 0) is 13.3 Å². The van der Waals surface area contributed by atoms with Crippen LogP contribution in [-0.2, 0) is 0 Å². The van der Waals surface area contributed by atoms with Crippen LogP contribution in [0.15, 0.2) is 24.3 Å². The maximum atomic E-state index is 13.0. The summed E-state index contributed by atoms with van der Waals surface area (Å²) in [5.41, 5.74) is 1.78. The molecule has 0 fully saturated rings. The Morgan fingerprint density at radius 2 is 1.95 bits per heavy atom. The molecule has 106 valence electrons. The predicted molar refractivity (Wildman–Crippen MR) is 68.4 cm³/mol. The van der Waals surface area contributed by atoms with Crippen LogP contribution in [-0.4, -0.2) is 27.5 Å². The van der Waals surface area contributed by atoms with Crippen molar-refractivity contribution in [2.45, 2.75) is 25.6 Å². The van der Waals surface area contributed by atoms with E-state index in [1.165, 1.54) is 0 Å². The van der Waals surface area contributed by atoms with Crippen LogP contribution in [0.2, 0.25) is 0 Å². The number of rotatable bonds is 1. The van der Waals surface area contributed by atoms with E-state index in [4.69, 9.17) is 0 Å². The minimum atomic E-state index is -4.31. The number of benzene rings is 1. The Morgan fingerprint density at radius 3 is 2.60 bits per heavy atom. The summed E-state index contributed by atoms with van der Waals surface area (Å²) < 4.78 is 39.8. The number of nitrogens with one attached hydrogen (secondary N) is 1. The first-order valence-electron chi connectivity index (χ1n) is 6.29. The van der Waals surface area contributed by atoms with E-state index in [0.29, 0.717) is 11.4 Å². The van der Waals surface area contributed by atoms with Gasteiger partial charge in [-0.2, -0.15) is 18.2 Å². The first-order valence-corrected chi connectivity index (χ1v) is 6.29. The van der Waals surface area contributed by atoms with Gasteiger partial charge in [0.15, 0.2) is 11.9 Å². The van der Waals surface area contributed by atoms with Gasteiger partial charge in [0.1, 0.15) is 0 Å². The minimum absolute atomic E-state index is 0.0345. The van der Waals surface area contributed by atoms with Crippen molar-refractivity contribution < 1.29 is 13.2 Å². The summed E-state index contributed by atoms with van der Waals surface area (Å²) in [6.45, 7) is 2.19. The smallest absolute Gasteiger partial charge is 0.354 e. The van der Waals surface area contributed by atoms with Gasteiger partial charge in [0.2, 0.25) is 5.95 Å². The summed E-state index contributed by atoms with van der Waals surface area (Å²) in [5, 5.41) is 6.88. The molecule has 3 rings (SSSR count). The molecular formula is C13H13F3N4. The molecular weight excluding hydrogens is 269 g/mol. The summed E-state index contributed by atoms with van der Waals surface area (Å²) in [6.07, 6.45) is -4.34. The summed E-state index contributed by atoms with van der Waals surface area (Å²) in [7, 11) is 0. The lowest BCUT2D eigenvalue weighted by Gasteiger charge is -2.25. The van der Waals surface area contributed by atoms with Gasteiger partial charge >= 0.3 is 6.18 Å². The van der Waals surface area contributed by atoms with Crippen molar-refractivity contribution in [1.82, 2.24) is 14.8 Å². The van der Waals surface area contributed by atoms with Gasteiger partial charge < -0.3 is 5.32 Å². The number of anilines is 1. The van der Waals surface area contributed by atoms with Crippen LogP contribution in [0.4, 0.5) is 19.1 Å². The first kappa shape index (κ1) is 13.0. The van der Waals surface area contributed by atoms with Crippen molar-refractivity contribution in [3.05, 3.63) is 29.8 Å². The zero-order chi connectivity index (χ0) is 14.3. The first-order chi connectivity index (χ1) is 9.45. The topological polar surface area (TPSA) is 42.7 Å². The Kier molecular flexibility index (Phi) is 2.92. The fraction of sp³-hybridized carbons (Fsp3) is 0.385. The van der Waals surface area contributed by atoms with E-state index in [2.05, 4.69) is 15.4 Å². The number of hydrogen-bond donors (Lipinski definition) is 1. The van der Waals surface area contributed by atoms with Crippen LogP contribution >= 0.6 is 0 Å². The number of alkyl halides is 3. The van der Waals surface area contributed by atoms with E-state index in [1.54, 1.807) is 12.1 Å². The van der Waals surface area contributed by atoms with Gasteiger partial charge in [-0.1, -0.05) is 29.8 Å². The maximum Gasteiger partial charge on any atom is 0.411 e. The third-order valence-electron chi connectivity index (χ3n) is 3.31. The minimum Gasteiger partial charge on any atom is -0.354 e. The molecule has 7 heteroatoms. The van der Waals surface area contributed by atoms with E-state index in [0.717, 1.165) is 10.2 Å². The second-order valence-electron chi connectivity index (χ2n) is 4.84. The molecule has 1 aromatic heterocycles. The molecule has 1 aliphatic rings. The summed E-state index contributed by atoms with van der Waals surface area (Å²) >= 11 is 0. The molecule has 0 aliphatic carbocycles. The van der Waals surface area contributed by atoms with Crippen molar-refractivity contribution in [2.24, 2.45) is 0 Å². The number of aromatic nitrogens is 3. The molecule has 1 unspecified atom stereocenters. The van der Waals surface area contributed by atoms with Gasteiger partial charge in [-0.25, -0.2) is 4.68 Å². The van der Waals surface area contributed by atoms with Crippen LogP contribution in [0.25, 0.3) is 11.4 Å². The monoisotopic (exact) mass is 282 g/mol. The molecule has 1 N–H and O–H groups in total. The van der Waals surface area contributed by atoms with E-state index in [1.807, 2.05) is 19.1 Å². The largest absolute Gasteiger partial charge is 0.411 e. The zero-order valence-corrected chi connectivity index (χ0v) is 10.8. The van der Waals surface area contributed by atoms with Gasteiger partial charge in [0.25, 0.3) is 0 Å². The highest BCUT2D eigenvalue weighted by Crippen LogP contribution is 2.37. The van der Waals surface area contributed by atoms with Crippen LogP contribution in [0.1, 0.15) is 18.0 Å². The normalized spacial score (nSPS) is 18.5. The molecule has 2 heterocycles. The molecule has 0 saturated carbocycles. The molecule has 0 radical (unpaired) electrons. The van der Waals surface area contributed by atoms with Gasteiger partial charge in [0.05, 0.1) is 0 Å². The molecule has 4 nitrogen and oxygen atoms in total. The second kappa shape index (κ2) is 4.50. The zero-order valence-electron chi connectivity index (χ0n) is 10.8. The van der Waals surface area contributed by atoms with Gasteiger partial charge in [0, 0.05) is 12.1 Å². The number of hydrogen-bond acceptors (Lipinski definition) is 3. The molecule has 2 aromatic rings. The SMILES string of the molecule is Cc1ccc(-c2nc3n(n2)C(C(F)(F)F)CCN3)cc1. The molecule has 20 heavy (non-hydrogen) atoms. The quantitative estimate of drug-likeness (QED) is 0.873. The van der Waals surface area contributed by atoms with Crippen LogP contribution in [0, 0.1) is 6.92 Å². The van der Waals surface area contributed by atoms with Crippen molar-refractivity contribution >= 4 is 5.95 Å². The standard InChI is InChI=1S/C13H13F3N4/c1-8-2-4-9(5-3-8)11-18-12-17-7-6-10(13(14,15)16)20(12)19-11/h2-5,10H,6-7H2,1H3,(H,17,18,19). The van der Waals surface area contributed by atoms with Crippen molar-refractivity contribution in [3.63, 3.8) is 0 Å². The highest BCUT2D eigenvalue weighted by atomic mass is 19.4. The van der Waals surface area contributed by atoms with Crippen molar-refractivity contribution in [1.29, 1.82) is 0 Å². The molecule has 1 aromatic carbocycles. The second-order valence-corrected chi connectivity index (χ2v) is 4.84. The Labute approximate surface area is 113 Å². The fourth-order valence-electron chi connectivity index (χ4n) is 2.23. The molecule has 1 aliphatic heterocycles. The maximum absolute atomic E-state index is 13.0. The lowest BCUT2D eigenvalue weighted by atomic mass is 10.1. The average Bonchev–Trinajstić information content (AvgIpc) is 2.81. The highest BCUT2D eigenvalue weighted by Gasteiger charge is 2.44. The average molecular weight is 282 g/mol. The number of aryl methyl sites for hydroxylation is 1. The molecule has 1 atom stereocenters. The van der Waals surface area contributed by atoms with Crippen LogP contribution in [0.5, 0.6) is 0 Å². The lowest BCUT2D eigenvalue weighted by Crippen LogP contribution is -2.34. The lowest BCUT2D eigenvalue weighted by molar-refractivity contribution is -0.171. The van der Waals surface area contributed by atoms with E-state index >= 15 is 0 Å². The third kappa shape index (κ3) is 2.23. The van der Waals surface area contributed by atoms with E-state index < -0.39 is 12.2 Å². The highest BCUT2D eigenvalue weighted by molar-refractivity contribution is 5.57. The summed E-state index contributed by atoms with van der Waals surface area (Å²) in [4.78, 5) is 4.16. The van der Waals surface area contributed by atoms with Crippen molar-refractivity contribution in [2.75, 3.05) is 11.9 Å². The third-order valence-corrected chi connectivity index (χ3v) is 3.31. The Hall–Kier alpha value is -2.05. The Morgan fingerprint density at radius 1 is 1.25 bits per heavy atom. The van der Waals surface area contributed by atoms with Crippen LogP contribution < -0.4 is 5.32 Å². The predicted octanol–water partition coefficient (Wildman–Crippen LogP) is 3.17. The Bertz CT molecular complexity index is 616.